The van der Waals surface area contributed by atoms with E-state index in [2.05, 4.69) is 52.2 Å². The number of guanidine groups is 1. The molecule has 0 unspecified atom stereocenters. The molecule has 0 aromatic carbocycles. The number of nitrogens with one attached hydrogen (secondary N) is 9. The number of carbonyl (C=O) groups is 9. The average molecular weight is 1030 g/mol. The molecular weight excluding hydrogens is 957 g/mol. The summed E-state index contributed by atoms with van der Waals surface area (Å²) in [5.41, 5.74) is 33.4. The molecule has 0 aliphatic carbocycles. The number of nitrogens with two attached hydrogens (primary N) is 6. The molecule has 23 N–H and O–H groups in total. The molecule has 0 radical (unpaired) electrons. The van der Waals surface area contributed by atoms with Crippen molar-refractivity contribution in [3.63, 3.8) is 0 Å². The molecule has 1 saturated heterocycles. The van der Waals surface area contributed by atoms with Gasteiger partial charge in [0.05, 0.1) is 25.0 Å². The molecule has 73 heavy (non-hydrogen) atoms. The van der Waals surface area contributed by atoms with E-state index in [0.717, 1.165) is 0 Å². The van der Waals surface area contributed by atoms with Gasteiger partial charge in [-0.15, -0.1) is 0 Å². The summed E-state index contributed by atoms with van der Waals surface area (Å²) >= 11 is 0. The van der Waals surface area contributed by atoms with Gasteiger partial charge >= 0.3 is 5.97 Å². The molecular formula is C44H76N18O11. The summed E-state index contributed by atoms with van der Waals surface area (Å²) in [6, 6.07) is -7.64. The summed E-state index contributed by atoms with van der Waals surface area (Å²) < 4.78 is 0. The first kappa shape index (κ1) is 62.2. The third kappa shape index (κ3) is 22.2. The molecule has 29 heteroatoms. The van der Waals surface area contributed by atoms with Crippen molar-refractivity contribution in [2.45, 2.75) is 133 Å². The van der Waals surface area contributed by atoms with Gasteiger partial charge in [-0.25, -0.2) is 14.8 Å². The van der Waals surface area contributed by atoms with Crippen LogP contribution in [0.1, 0.15) is 89.7 Å². The highest BCUT2D eigenvalue weighted by atomic mass is 16.4. The summed E-state index contributed by atoms with van der Waals surface area (Å²) in [6.45, 7) is 1.34. The second-order valence-electron chi connectivity index (χ2n) is 17.1. The molecule has 0 spiro atoms. The van der Waals surface area contributed by atoms with Gasteiger partial charge in [0.1, 0.15) is 41.6 Å². The number of carbonyl (C=O) groups excluding carboxylic acids is 8. The quantitative estimate of drug-likeness (QED) is 0.0132. The number of likely N-dealkylation sites (tertiary alicyclic amines) is 1. The lowest BCUT2D eigenvalue weighted by atomic mass is 10.1. The first-order valence-electron chi connectivity index (χ1n) is 24.3. The van der Waals surface area contributed by atoms with Crippen LogP contribution in [0.15, 0.2) is 29.3 Å². The Labute approximate surface area is 422 Å². The number of amides is 8. The lowest BCUT2D eigenvalue weighted by Gasteiger charge is -2.27. The number of carboxylic acids is 1. The predicted molar refractivity (Wildman–Crippen MR) is 266 cm³/mol. The number of aliphatic hydroxyl groups is 1. The molecule has 408 valence electrons. The van der Waals surface area contributed by atoms with Crippen LogP contribution in [0.3, 0.4) is 0 Å². The number of unbranched alkanes of at least 4 members (excludes halogenated alkanes) is 2. The second-order valence-corrected chi connectivity index (χ2v) is 17.1. The lowest BCUT2D eigenvalue weighted by Crippen LogP contribution is -2.60. The van der Waals surface area contributed by atoms with Crippen molar-refractivity contribution in [1.29, 1.82) is 5.41 Å². The van der Waals surface area contributed by atoms with E-state index >= 15 is 0 Å². The maximum Gasteiger partial charge on any atom is 0.352 e. The van der Waals surface area contributed by atoms with Gasteiger partial charge in [-0.2, -0.15) is 0 Å². The van der Waals surface area contributed by atoms with E-state index < -0.39 is 114 Å². The number of aliphatic carboxylic acids is 1. The summed E-state index contributed by atoms with van der Waals surface area (Å²) in [4.78, 5) is 132. The highest BCUT2D eigenvalue weighted by Crippen LogP contribution is 2.20. The van der Waals surface area contributed by atoms with Gasteiger partial charge in [-0.05, 0) is 90.3 Å². The maximum atomic E-state index is 14.1. The number of aliphatic imine (C=N–C) groups is 1. The van der Waals surface area contributed by atoms with Crippen LogP contribution in [0.5, 0.6) is 0 Å². The Hall–Kier alpha value is -6.92. The monoisotopic (exact) mass is 1030 g/mol. The fraction of sp³-hybridized carbons (Fsp3) is 0.636. The number of aromatic nitrogens is 2. The van der Waals surface area contributed by atoms with Crippen LogP contribution >= 0.6 is 0 Å². The van der Waals surface area contributed by atoms with Crippen LogP contribution in [-0.2, 0) is 49.6 Å². The van der Waals surface area contributed by atoms with Gasteiger partial charge in [-0.1, -0.05) is 19.4 Å². The molecule has 29 nitrogen and oxygen atoms in total. The third-order valence-corrected chi connectivity index (χ3v) is 11.4. The standard InChI is InChI=1S/C44H76N18O11/c1-2-27(57-41(70)35(33(63)21-48)61-36(65)26(49)10-3-5-15-45)37(66)54-23-34(64)56-29(12-7-17-47)42(71)62-19-9-14-32(62)40(69)60-31(20-25-22-52-24-55-25)39(68)58-28(11-4-6-16-46)38(67)59-30(43(72)73)13-8-18-53-44(50)51/h13,22,24,26-28,31-33,35,63H,2-12,14-21,23,45-49H2,1H3,(H,52,55)(H,54,66)(H,57,70)(H,58,68)(H,59,67)(H,60,69)(H,61,65)(H,72,73)(H4,50,51,53)/b30-13-,56-29+/t26-,27-,28-,31-,32-,33-,35-/m0/s1. The predicted octanol–water partition coefficient (Wildman–Crippen LogP) is -6.02. The summed E-state index contributed by atoms with van der Waals surface area (Å²) in [5, 5.41) is 44.8. The molecule has 1 aliphatic heterocycles. The topological polar surface area (TPSA) is 503 Å². The van der Waals surface area contributed by atoms with Gasteiger partial charge in [0.25, 0.3) is 11.8 Å². The molecule has 8 amide bonds. The summed E-state index contributed by atoms with van der Waals surface area (Å²) in [6.07, 6.45) is 5.29. The molecule has 1 aromatic heterocycles. The number of rotatable bonds is 34. The van der Waals surface area contributed by atoms with E-state index in [0.29, 0.717) is 44.3 Å². The van der Waals surface area contributed by atoms with Crippen LogP contribution < -0.4 is 71.6 Å². The fourth-order valence-electron chi connectivity index (χ4n) is 7.35. The molecule has 0 bridgehead atoms. The zero-order valence-electron chi connectivity index (χ0n) is 41.3. The molecule has 0 saturated carbocycles. The number of imidazole rings is 1. The van der Waals surface area contributed by atoms with Crippen molar-refractivity contribution in [3.8, 4) is 0 Å². The SMILES string of the molecule is CC[C@H](NC(=O)[C@@H](NC(=O)[C@@H](N)CCCCN)[C@@H](O)CN)C(=O)NCC(=O)/N=C(\CCCN)C(=O)N1CCC[C@H]1C(=O)N[C@@H](Cc1cnc[nH]1)C(=O)N[C@@H](CCCCN)C(=O)N/C(=C\CCNC(=N)N)C(=O)O. The van der Waals surface area contributed by atoms with Crippen LogP contribution in [0.2, 0.25) is 0 Å². The van der Waals surface area contributed by atoms with E-state index in [1.54, 1.807) is 6.92 Å². The Kier molecular flexibility index (Phi) is 28.7. The fourth-order valence-corrected chi connectivity index (χ4v) is 7.35. The number of hydrogen-bond donors (Lipinski definition) is 17. The van der Waals surface area contributed by atoms with Gasteiger partial charge in [0.15, 0.2) is 5.96 Å². The average Bonchev–Trinajstić information content (AvgIpc) is 4.08. The van der Waals surface area contributed by atoms with Gasteiger partial charge in [0.2, 0.25) is 35.4 Å². The van der Waals surface area contributed by atoms with Crippen molar-refractivity contribution in [3.05, 3.63) is 30.0 Å². The van der Waals surface area contributed by atoms with Crippen molar-refractivity contribution < 1.29 is 53.4 Å². The Morgan fingerprint density at radius 2 is 1.53 bits per heavy atom. The van der Waals surface area contributed by atoms with Crippen molar-refractivity contribution in [1.82, 2.24) is 52.1 Å². The molecule has 7 atom stereocenters. The number of aliphatic hydroxyl groups excluding tert-OH is 1. The van der Waals surface area contributed by atoms with E-state index in [-0.39, 0.29) is 89.2 Å². The largest absolute Gasteiger partial charge is 0.477 e. The van der Waals surface area contributed by atoms with Crippen LogP contribution in [-0.4, -0.2) is 178 Å². The normalized spacial score (nSPS) is 16.2. The van der Waals surface area contributed by atoms with E-state index in [1.807, 2.05) is 0 Å². The van der Waals surface area contributed by atoms with Crippen LogP contribution in [0.25, 0.3) is 0 Å². The Balaban J connectivity index is 2.27. The zero-order valence-corrected chi connectivity index (χ0v) is 41.3. The lowest BCUT2D eigenvalue weighted by molar-refractivity contribution is -0.137. The molecule has 1 aliphatic rings. The smallest absolute Gasteiger partial charge is 0.352 e. The highest BCUT2D eigenvalue weighted by molar-refractivity contribution is 6.40. The molecule has 2 heterocycles. The summed E-state index contributed by atoms with van der Waals surface area (Å²) in [5.74, 6) is -8.47. The van der Waals surface area contributed by atoms with E-state index in [4.69, 9.17) is 39.8 Å². The molecule has 1 aromatic rings. The number of hydrogen-bond acceptors (Lipinski definition) is 17. The molecule has 1 fully saturated rings. The van der Waals surface area contributed by atoms with E-state index in [1.165, 1.54) is 23.5 Å². The minimum absolute atomic E-state index is 0.00897. The number of H-pyrrole nitrogens is 1. The van der Waals surface area contributed by atoms with Crippen molar-refractivity contribution in [2.75, 3.05) is 45.8 Å². The number of nitrogens with zero attached hydrogens (tertiary/aromatic N) is 3. The Morgan fingerprint density at radius 1 is 0.863 bits per heavy atom. The minimum Gasteiger partial charge on any atom is -0.477 e. The molecule has 2 rings (SSSR count). The van der Waals surface area contributed by atoms with E-state index in [9.17, 15) is 53.4 Å². The Bertz CT molecular complexity index is 2070. The van der Waals surface area contributed by atoms with Crippen LogP contribution in [0.4, 0.5) is 0 Å². The first-order chi connectivity index (χ1) is 34.8. The van der Waals surface area contributed by atoms with Crippen molar-refractivity contribution in [2.24, 2.45) is 39.4 Å². The zero-order chi connectivity index (χ0) is 54.5. The maximum absolute atomic E-state index is 14.1. The van der Waals surface area contributed by atoms with Gasteiger partial charge in [-0.3, -0.25) is 43.8 Å². The van der Waals surface area contributed by atoms with Crippen molar-refractivity contribution >= 4 is 64.9 Å². The highest BCUT2D eigenvalue weighted by Gasteiger charge is 2.39. The number of carboxylic acid groups (broad SMARTS) is 1. The van der Waals surface area contributed by atoms with Crippen LogP contribution in [0, 0.1) is 5.41 Å². The first-order valence-corrected chi connectivity index (χ1v) is 24.3. The Morgan fingerprint density at radius 3 is 2.14 bits per heavy atom. The second kappa shape index (κ2) is 33.7. The van der Waals surface area contributed by atoms with Gasteiger partial charge in [0, 0.05) is 37.9 Å². The third-order valence-electron chi connectivity index (χ3n) is 11.4. The van der Waals surface area contributed by atoms with Gasteiger partial charge < -0.3 is 91.7 Å². The summed E-state index contributed by atoms with van der Waals surface area (Å²) in [7, 11) is 0. The number of aromatic amines is 1. The minimum atomic E-state index is -1.57.